The van der Waals surface area contributed by atoms with Crippen LogP contribution in [0.1, 0.15) is 60.3 Å². The minimum atomic E-state index is -0.758. The van der Waals surface area contributed by atoms with E-state index < -0.39 is 11.0 Å². The maximum atomic E-state index is 12.0. The fourth-order valence-corrected chi connectivity index (χ4v) is 2.31. The Hall–Kier alpha value is -1.01. The molecule has 1 fully saturated rings. The van der Waals surface area contributed by atoms with Crippen LogP contribution in [0.3, 0.4) is 0 Å². The fourth-order valence-electron chi connectivity index (χ4n) is 2.31. The Bertz CT molecular complexity index is 399. The van der Waals surface area contributed by atoms with Gasteiger partial charge in [-0.3, -0.25) is 4.79 Å². The predicted octanol–water partition coefficient (Wildman–Crippen LogP) is 2.38. The summed E-state index contributed by atoms with van der Waals surface area (Å²) in [7, 11) is 0. The third-order valence-corrected chi connectivity index (χ3v) is 3.79. The number of aliphatic hydroxyl groups is 1. The number of alkyl carbamates (subject to hydrolysis) is 1. The molecule has 136 valence electrons. The van der Waals surface area contributed by atoms with Crippen LogP contribution in [-0.2, 0) is 9.53 Å². The van der Waals surface area contributed by atoms with E-state index in [4.69, 9.17) is 4.74 Å². The summed E-state index contributed by atoms with van der Waals surface area (Å²) in [6, 6.07) is 0.198. The number of carbonyl (C=O) groups excluding carboxylic acids is 2. The van der Waals surface area contributed by atoms with Gasteiger partial charge in [-0.1, -0.05) is 0 Å². The van der Waals surface area contributed by atoms with E-state index in [1.54, 1.807) is 13.8 Å². The number of hydrogen-bond acceptors (Lipinski definition) is 4. The molecule has 0 aliphatic heterocycles. The van der Waals surface area contributed by atoms with Crippen LogP contribution >= 0.6 is 12.4 Å². The Morgan fingerprint density at radius 2 is 1.43 bits per heavy atom. The minimum Gasteiger partial charge on any atom is -0.444 e. The van der Waals surface area contributed by atoms with Crippen molar-refractivity contribution in [2.24, 2.45) is 5.41 Å². The largest absolute Gasteiger partial charge is 0.444 e. The van der Waals surface area contributed by atoms with E-state index in [0.717, 1.165) is 25.7 Å². The Kier molecular flexibility index (Phi) is 8.35. The number of hydrogen-bond donors (Lipinski definition) is 3. The van der Waals surface area contributed by atoms with Crippen LogP contribution in [0.4, 0.5) is 4.79 Å². The first-order valence-electron chi connectivity index (χ1n) is 7.95. The van der Waals surface area contributed by atoms with Gasteiger partial charge in [0.25, 0.3) is 0 Å². The molecule has 0 heterocycles. The average molecular weight is 351 g/mol. The first-order valence-corrected chi connectivity index (χ1v) is 7.95. The number of ether oxygens (including phenoxy) is 1. The lowest BCUT2D eigenvalue weighted by Gasteiger charge is -2.32. The summed E-state index contributed by atoms with van der Waals surface area (Å²) in [6.07, 6.45) is 2.86. The predicted molar refractivity (Wildman–Crippen MR) is 91.7 cm³/mol. The van der Waals surface area contributed by atoms with Crippen LogP contribution in [0.25, 0.3) is 0 Å². The highest BCUT2D eigenvalue weighted by atomic mass is 35.5. The van der Waals surface area contributed by atoms with Crippen molar-refractivity contribution in [2.75, 3.05) is 6.61 Å². The first kappa shape index (κ1) is 22.0. The number of nitrogens with one attached hydrogen (secondary N) is 2. The van der Waals surface area contributed by atoms with Gasteiger partial charge in [0.05, 0.1) is 12.0 Å². The van der Waals surface area contributed by atoms with E-state index in [1.165, 1.54) is 0 Å². The molecule has 2 amide bonds. The third kappa shape index (κ3) is 7.88. The molecule has 1 aliphatic carbocycles. The van der Waals surface area contributed by atoms with Crippen molar-refractivity contribution in [1.29, 1.82) is 0 Å². The summed E-state index contributed by atoms with van der Waals surface area (Å²) >= 11 is 0. The smallest absolute Gasteiger partial charge is 0.407 e. The van der Waals surface area contributed by atoms with E-state index in [2.05, 4.69) is 10.6 Å². The van der Waals surface area contributed by atoms with E-state index in [-0.39, 0.29) is 43.1 Å². The van der Waals surface area contributed by atoms with Crippen molar-refractivity contribution < 1.29 is 19.4 Å². The molecule has 0 atom stereocenters. The van der Waals surface area contributed by atoms with E-state index >= 15 is 0 Å². The summed E-state index contributed by atoms with van der Waals surface area (Å²) < 4.78 is 5.24. The van der Waals surface area contributed by atoms with Crippen LogP contribution in [0.5, 0.6) is 0 Å². The second-order valence-electron chi connectivity index (χ2n) is 7.71. The molecule has 0 saturated heterocycles. The molecule has 1 aliphatic rings. The molecule has 23 heavy (non-hydrogen) atoms. The van der Waals surface area contributed by atoms with Crippen LogP contribution in [-0.4, -0.2) is 41.4 Å². The Morgan fingerprint density at radius 3 is 1.83 bits per heavy atom. The van der Waals surface area contributed by atoms with Crippen molar-refractivity contribution in [1.82, 2.24) is 10.6 Å². The van der Waals surface area contributed by atoms with Crippen LogP contribution in [0, 0.1) is 5.41 Å². The normalized spacial score (nSPS) is 21.8. The zero-order valence-electron chi connectivity index (χ0n) is 14.8. The molecule has 0 aromatic rings. The molecule has 6 nitrogen and oxygen atoms in total. The quantitative estimate of drug-likeness (QED) is 0.726. The molecule has 0 unspecified atom stereocenters. The van der Waals surface area contributed by atoms with Gasteiger partial charge in [0.2, 0.25) is 5.91 Å². The first-order chi connectivity index (χ1) is 10.0. The van der Waals surface area contributed by atoms with E-state index in [0.29, 0.717) is 0 Å². The molecular weight excluding hydrogens is 320 g/mol. The Balaban J connectivity index is 0.00000484. The molecule has 0 spiro atoms. The van der Waals surface area contributed by atoms with Gasteiger partial charge in [0.1, 0.15) is 5.60 Å². The highest BCUT2D eigenvalue weighted by molar-refractivity contribution is 5.85. The van der Waals surface area contributed by atoms with Gasteiger partial charge in [-0.15, -0.1) is 12.4 Å². The van der Waals surface area contributed by atoms with E-state index in [1.807, 2.05) is 20.8 Å². The van der Waals surface area contributed by atoms with Crippen molar-refractivity contribution >= 4 is 24.4 Å². The molecule has 3 N–H and O–H groups in total. The number of carbonyl (C=O) groups is 2. The van der Waals surface area contributed by atoms with Crippen molar-refractivity contribution in [2.45, 2.75) is 78.0 Å². The Morgan fingerprint density at radius 1 is 1.00 bits per heavy atom. The van der Waals surface area contributed by atoms with Crippen LogP contribution in [0.15, 0.2) is 0 Å². The SMILES string of the molecule is CC(C)(C)OC(=O)NC1CCC(NC(=O)C(C)(C)CO)CC1.Cl. The van der Waals surface area contributed by atoms with Crippen LogP contribution < -0.4 is 10.6 Å². The number of amides is 2. The molecule has 0 aromatic heterocycles. The second kappa shape index (κ2) is 8.73. The Labute approximate surface area is 145 Å². The van der Waals surface area contributed by atoms with Crippen molar-refractivity contribution in [3.63, 3.8) is 0 Å². The summed E-state index contributed by atoms with van der Waals surface area (Å²) in [5, 5.41) is 15.1. The van der Waals surface area contributed by atoms with E-state index in [9.17, 15) is 14.7 Å². The number of halogens is 1. The third-order valence-electron chi connectivity index (χ3n) is 3.79. The molecule has 0 aromatic carbocycles. The fraction of sp³-hybridized carbons (Fsp3) is 0.875. The summed E-state index contributed by atoms with van der Waals surface area (Å²) in [5.41, 5.74) is -1.25. The lowest BCUT2D eigenvalue weighted by atomic mass is 9.88. The highest BCUT2D eigenvalue weighted by Gasteiger charge is 2.31. The zero-order chi connectivity index (χ0) is 17.0. The molecule has 7 heteroatoms. The monoisotopic (exact) mass is 350 g/mol. The molecule has 1 saturated carbocycles. The van der Waals surface area contributed by atoms with Gasteiger partial charge >= 0.3 is 6.09 Å². The van der Waals surface area contributed by atoms with Gasteiger partial charge in [-0.25, -0.2) is 4.79 Å². The summed E-state index contributed by atoms with van der Waals surface area (Å²) in [5.74, 6) is -0.126. The maximum absolute atomic E-state index is 12.0. The standard InChI is InChI=1S/C16H30N2O4.ClH/c1-15(2,3)22-14(21)18-12-8-6-11(7-9-12)17-13(20)16(4,5)10-19;/h11-12,19H,6-10H2,1-5H3,(H,17,20)(H,18,21);1H. The van der Waals surface area contributed by atoms with Gasteiger partial charge in [0, 0.05) is 12.1 Å². The van der Waals surface area contributed by atoms with Crippen molar-refractivity contribution in [3.05, 3.63) is 0 Å². The molecule has 1 rings (SSSR count). The summed E-state index contributed by atoms with van der Waals surface area (Å²) in [4.78, 5) is 23.7. The lowest BCUT2D eigenvalue weighted by molar-refractivity contribution is -0.132. The van der Waals surface area contributed by atoms with Crippen molar-refractivity contribution in [3.8, 4) is 0 Å². The minimum absolute atomic E-state index is 0. The number of aliphatic hydroxyl groups excluding tert-OH is 1. The lowest BCUT2D eigenvalue weighted by Crippen LogP contribution is -2.48. The number of rotatable bonds is 4. The average Bonchev–Trinajstić information content (AvgIpc) is 2.38. The summed E-state index contributed by atoms with van der Waals surface area (Å²) in [6.45, 7) is 8.77. The van der Waals surface area contributed by atoms with Crippen LogP contribution in [0.2, 0.25) is 0 Å². The van der Waals surface area contributed by atoms with Gasteiger partial charge in [-0.05, 0) is 60.3 Å². The molecule has 0 bridgehead atoms. The maximum Gasteiger partial charge on any atom is 0.407 e. The van der Waals surface area contributed by atoms with Gasteiger partial charge < -0.3 is 20.5 Å². The molecule has 0 radical (unpaired) electrons. The van der Waals surface area contributed by atoms with Gasteiger partial charge in [-0.2, -0.15) is 0 Å². The topological polar surface area (TPSA) is 87.7 Å². The zero-order valence-corrected chi connectivity index (χ0v) is 15.6. The highest BCUT2D eigenvalue weighted by Crippen LogP contribution is 2.21. The second-order valence-corrected chi connectivity index (χ2v) is 7.71. The molecular formula is C16H31ClN2O4. The van der Waals surface area contributed by atoms with Gasteiger partial charge in [0.15, 0.2) is 0 Å².